The van der Waals surface area contributed by atoms with E-state index in [1.807, 2.05) is 0 Å². The van der Waals surface area contributed by atoms with Gasteiger partial charge in [-0.15, -0.1) is 0 Å². The predicted molar refractivity (Wildman–Crippen MR) is 74.7 cm³/mol. The van der Waals surface area contributed by atoms with Crippen LogP contribution >= 0.6 is 11.5 Å². The molecule has 0 radical (unpaired) electrons. The Kier molecular flexibility index (Phi) is 3.96. The third kappa shape index (κ3) is 3.00. The van der Waals surface area contributed by atoms with E-state index in [0.29, 0.717) is 34.5 Å². The molecule has 100 valence electrons. The number of aromatic nitrogens is 2. The topological polar surface area (TPSA) is 90.1 Å². The summed E-state index contributed by atoms with van der Waals surface area (Å²) in [5, 5.41) is 3.67. The van der Waals surface area contributed by atoms with Crippen molar-refractivity contribution in [3.05, 3.63) is 29.6 Å². The smallest absolute Gasteiger partial charge is 0.340 e. The summed E-state index contributed by atoms with van der Waals surface area (Å²) >= 11 is 1.23. The zero-order valence-electron chi connectivity index (χ0n) is 10.6. The second kappa shape index (κ2) is 5.66. The Morgan fingerprint density at radius 2 is 2.32 bits per heavy atom. The Morgan fingerprint density at radius 1 is 1.53 bits per heavy atom. The number of nitrogens with one attached hydrogen (secondary N) is 1. The summed E-state index contributed by atoms with van der Waals surface area (Å²) in [6.07, 6.45) is 0. The molecule has 2 rings (SSSR count). The monoisotopic (exact) mass is 278 g/mol. The number of nitrogens with zero attached hydrogens (tertiary/aromatic N) is 2. The molecular formula is C12H14N4O2S. The maximum absolute atomic E-state index is 11.7. The van der Waals surface area contributed by atoms with Gasteiger partial charge in [0.05, 0.1) is 23.5 Å². The van der Waals surface area contributed by atoms with Crippen LogP contribution in [-0.2, 0) is 4.74 Å². The first-order valence-electron chi connectivity index (χ1n) is 5.74. The van der Waals surface area contributed by atoms with Crippen LogP contribution in [0.15, 0.2) is 18.2 Å². The highest BCUT2D eigenvalue weighted by atomic mass is 32.1. The fourth-order valence-corrected chi connectivity index (χ4v) is 2.11. The number of anilines is 3. The van der Waals surface area contributed by atoms with Gasteiger partial charge in [-0.2, -0.15) is 4.37 Å². The first-order chi connectivity index (χ1) is 9.11. The van der Waals surface area contributed by atoms with Crippen LogP contribution in [-0.4, -0.2) is 21.9 Å². The fraction of sp³-hybridized carbons (Fsp3) is 0.250. The summed E-state index contributed by atoms with van der Waals surface area (Å²) in [6, 6.07) is 5.14. The van der Waals surface area contributed by atoms with E-state index >= 15 is 0 Å². The van der Waals surface area contributed by atoms with Crippen molar-refractivity contribution in [3.8, 4) is 0 Å². The molecule has 19 heavy (non-hydrogen) atoms. The standard InChI is InChI=1S/C12H14N4O2S/c1-3-18-11(17)8-5-4-6-9(10(8)13)15-12-14-7(2)16-19-12/h4-6H,3,13H2,1-2H3,(H,14,15,16). The van der Waals surface area contributed by atoms with Crippen LogP contribution in [0.2, 0.25) is 0 Å². The third-order valence-corrected chi connectivity index (χ3v) is 3.09. The maximum atomic E-state index is 11.7. The lowest BCUT2D eigenvalue weighted by molar-refractivity contribution is 0.0527. The van der Waals surface area contributed by atoms with Crippen molar-refractivity contribution < 1.29 is 9.53 Å². The zero-order valence-corrected chi connectivity index (χ0v) is 11.5. The summed E-state index contributed by atoms with van der Waals surface area (Å²) in [5.74, 6) is 0.254. The summed E-state index contributed by atoms with van der Waals surface area (Å²) in [6.45, 7) is 3.87. The molecular weight excluding hydrogens is 264 g/mol. The van der Waals surface area contributed by atoms with Crippen LogP contribution in [0.25, 0.3) is 0 Å². The predicted octanol–water partition coefficient (Wildman–Crippen LogP) is 2.35. The second-order valence-electron chi connectivity index (χ2n) is 3.76. The molecule has 0 aliphatic heterocycles. The molecule has 3 N–H and O–H groups in total. The van der Waals surface area contributed by atoms with E-state index in [1.54, 1.807) is 32.0 Å². The van der Waals surface area contributed by atoms with Gasteiger partial charge in [-0.1, -0.05) is 6.07 Å². The van der Waals surface area contributed by atoms with E-state index in [9.17, 15) is 4.79 Å². The molecule has 0 saturated heterocycles. The Hall–Kier alpha value is -2.15. The highest BCUT2D eigenvalue weighted by molar-refractivity contribution is 7.09. The van der Waals surface area contributed by atoms with E-state index in [-0.39, 0.29) is 0 Å². The average molecular weight is 278 g/mol. The van der Waals surface area contributed by atoms with Crippen molar-refractivity contribution >= 4 is 34.0 Å². The van der Waals surface area contributed by atoms with Crippen LogP contribution in [0, 0.1) is 6.92 Å². The van der Waals surface area contributed by atoms with Crippen LogP contribution < -0.4 is 11.1 Å². The summed E-state index contributed by atoms with van der Waals surface area (Å²) in [7, 11) is 0. The number of para-hydroxylation sites is 1. The third-order valence-electron chi connectivity index (χ3n) is 2.37. The van der Waals surface area contributed by atoms with E-state index in [1.165, 1.54) is 11.5 Å². The molecule has 7 heteroatoms. The maximum Gasteiger partial charge on any atom is 0.340 e. The van der Waals surface area contributed by atoms with Gasteiger partial charge in [0, 0.05) is 11.5 Å². The van der Waals surface area contributed by atoms with Crippen molar-refractivity contribution in [2.24, 2.45) is 0 Å². The van der Waals surface area contributed by atoms with Crippen LogP contribution in [0.5, 0.6) is 0 Å². The van der Waals surface area contributed by atoms with Gasteiger partial charge in [0.15, 0.2) is 0 Å². The van der Waals surface area contributed by atoms with E-state index < -0.39 is 5.97 Å². The lowest BCUT2D eigenvalue weighted by Crippen LogP contribution is -2.09. The number of nitrogen functional groups attached to an aromatic ring is 1. The lowest BCUT2D eigenvalue weighted by Gasteiger charge is -2.10. The first kappa shape index (κ1) is 13.3. The molecule has 2 aromatic rings. The molecule has 0 spiro atoms. The van der Waals surface area contributed by atoms with Crippen LogP contribution in [0.1, 0.15) is 23.1 Å². The minimum Gasteiger partial charge on any atom is -0.462 e. The number of ether oxygens (including phenoxy) is 1. The Labute approximate surface area is 114 Å². The van der Waals surface area contributed by atoms with Crippen molar-refractivity contribution in [3.63, 3.8) is 0 Å². The number of esters is 1. The Balaban J connectivity index is 2.27. The second-order valence-corrected chi connectivity index (χ2v) is 4.51. The van der Waals surface area contributed by atoms with Gasteiger partial charge in [-0.05, 0) is 26.0 Å². The number of hydrogen-bond acceptors (Lipinski definition) is 7. The summed E-state index contributed by atoms with van der Waals surface area (Å²) in [4.78, 5) is 15.9. The molecule has 0 unspecified atom stereocenters. The molecule has 1 aromatic carbocycles. The molecule has 0 atom stereocenters. The molecule has 0 amide bonds. The highest BCUT2D eigenvalue weighted by Crippen LogP contribution is 2.27. The van der Waals surface area contributed by atoms with Gasteiger partial charge < -0.3 is 15.8 Å². The van der Waals surface area contributed by atoms with Gasteiger partial charge >= 0.3 is 5.97 Å². The first-order valence-corrected chi connectivity index (χ1v) is 6.52. The van der Waals surface area contributed by atoms with Crippen molar-refractivity contribution in [2.45, 2.75) is 13.8 Å². The molecule has 0 bridgehead atoms. The summed E-state index contributed by atoms with van der Waals surface area (Å²) < 4.78 is 9.01. The summed E-state index contributed by atoms with van der Waals surface area (Å²) in [5.41, 5.74) is 7.26. The average Bonchev–Trinajstić information content (AvgIpc) is 2.78. The number of nitrogens with two attached hydrogens (primary N) is 1. The number of hydrogen-bond donors (Lipinski definition) is 2. The molecule has 0 saturated carbocycles. The number of rotatable bonds is 4. The number of carbonyl (C=O) groups is 1. The molecule has 6 nitrogen and oxygen atoms in total. The normalized spacial score (nSPS) is 10.2. The highest BCUT2D eigenvalue weighted by Gasteiger charge is 2.14. The van der Waals surface area contributed by atoms with Gasteiger partial charge in [-0.3, -0.25) is 0 Å². The zero-order chi connectivity index (χ0) is 13.8. The van der Waals surface area contributed by atoms with E-state index in [4.69, 9.17) is 10.5 Å². The number of benzene rings is 1. The minimum absolute atomic E-state index is 0.311. The van der Waals surface area contributed by atoms with Crippen LogP contribution in [0.3, 0.4) is 0 Å². The van der Waals surface area contributed by atoms with Crippen molar-refractivity contribution in [1.29, 1.82) is 0 Å². The Morgan fingerprint density at radius 3 is 2.95 bits per heavy atom. The fourth-order valence-electron chi connectivity index (χ4n) is 1.52. The van der Waals surface area contributed by atoms with Gasteiger partial charge in [0.1, 0.15) is 5.82 Å². The van der Waals surface area contributed by atoms with E-state index in [0.717, 1.165) is 0 Å². The SMILES string of the molecule is CCOC(=O)c1cccc(Nc2nc(C)ns2)c1N. The molecule has 1 heterocycles. The van der Waals surface area contributed by atoms with Gasteiger partial charge in [0.25, 0.3) is 0 Å². The van der Waals surface area contributed by atoms with Crippen molar-refractivity contribution in [2.75, 3.05) is 17.7 Å². The lowest BCUT2D eigenvalue weighted by atomic mass is 10.1. The van der Waals surface area contributed by atoms with Crippen LogP contribution in [0.4, 0.5) is 16.5 Å². The molecule has 0 aliphatic rings. The molecule has 0 aliphatic carbocycles. The number of aryl methyl sites for hydroxylation is 1. The molecule has 0 fully saturated rings. The molecule has 1 aromatic heterocycles. The largest absolute Gasteiger partial charge is 0.462 e. The number of carbonyl (C=O) groups excluding carboxylic acids is 1. The van der Waals surface area contributed by atoms with Gasteiger partial charge in [0.2, 0.25) is 5.13 Å². The quantitative estimate of drug-likeness (QED) is 0.659. The van der Waals surface area contributed by atoms with Gasteiger partial charge in [-0.25, -0.2) is 9.78 Å². The minimum atomic E-state index is -0.433. The Bertz CT molecular complexity index is 597. The van der Waals surface area contributed by atoms with E-state index in [2.05, 4.69) is 14.7 Å². The van der Waals surface area contributed by atoms with Crippen molar-refractivity contribution in [1.82, 2.24) is 9.36 Å².